The van der Waals surface area contributed by atoms with Gasteiger partial charge in [-0.25, -0.2) is 4.98 Å². The first-order valence-corrected chi connectivity index (χ1v) is 11.3. The third-order valence-electron chi connectivity index (χ3n) is 5.45. The van der Waals surface area contributed by atoms with Crippen molar-refractivity contribution in [3.8, 4) is 5.75 Å². The van der Waals surface area contributed by atoms with Crippen LogP contribution in [0.2, 0.25) is 0 Å². The van der Waals surface area contributed by atoms with Gasteiger partial charge in [-0.15, -0.1) is 0 Å². The molecule has 0 radical (unpaired) electrons. The maximum atomic E-state index is 11.1. The molecule has 31 heavy (non-hydrogen) atoms. The highest BCUT2D eigenvalue weighted by Crippen LogP contribution is 2.24. The number of carbonyl (C=O) groups excluding carboxylic acids is 1. The van der Waals surface area contributed by atoms with E-state index in [1.54, 1.807) is 6.92 Å². The Kier molecular flexibility index (Phi) is 7.72. The number of hydrogen-bond donors (Lipinski definition) is 1. The van der Waals surface area contributed by atoms with Crippen molar-refractivity contribution in [3.05, 3.63) is 59.9 Å². The van der Waals surface area contributed by atoms with E-state index in [4.69, 9.17) is 9.72 Å². The molecule has 0 aliphatic rings. The zero-order valence-corrected chi connectivity index (χ0v) is 19.3. The summed E-state index contributed by atoms with van der Waals surface area (Å²) in [6, 6.07) is 16.7. The Hall–Kier alpha value is -2.82. The zero-order chi connectivity index (χ0) is 22.3. The highest BCUT2D eigenvalue weighted by molar-refractivity contribution is 5.76. The number of carbonyl (C=O) groups is 1. The molecule has 0 saturated heterocycles. The molecule has 0 fully saturated rings. The molecule has 0 spiro atoms. The first-order valence-electron chi connectivity index (χ1n) is 11.3. The molecule has 1 N–H and O–H groups in total. The van der Waals surface area contributed by atoms with Crippen molar-refractivity contribution in [2.24, 2.45) is 0 Å². The van der Waals surface area contributed by atoms with Gasteiger partial charge in [-0.2, -0.15) is 0 Å². The molecule has 0 aliphatic carbocycles. The van der Waals surface area contributed by atoms with Crippen LogP contribution >= 0.6 is 0 Å². The number of amides is 1. The van der Waals surface area contributed by atoms with Crippen molar-refractivity contribution >= 4 is 16.9 Å². The number of fused-ring (bicyclic) bond motifs is 1. The second-order valence-corrected chi connectivity index (χ2v) is 9.08. The van der Waals surface area contributed by atoms with Gasteiger partial charge < -0.3 is 14.6 Å². The molecule has 5 nitrogen and oxygen atoms in total. The largest absolute Gasteiger partial charge is 0.494 e. The summed E-state index contributed by atoms with van der Waals surface area (Å²) in [6.07, 6.45) is 3.75. The Morgan fingerprint density at radius 3 is 2.48 bits per heavy atom. The lowest BCUT2D eigenvalue weighted by atomic mass is 9.87. The summed E-state index contributed by atoms with van der Waals surface area (Å²) in [6.45, 7) is 10.5. The summed E-state index contributed by atoms with van der Waals surface area (Å²) in [4.78, 5) is 15.9. The van der Waals surface area contributed by atoms with Gasteiger partial charge in [0.05, 0.1) is 17.6 Å². The van der Waals surface area contributed by atoms with Gasteiger partial charge in [0.15, 0.2) is 0 Å². The number of rotatable bonds is 10. The lowest BCUT2D eigenvalue weighted by Crippen LogP contribution is -2.21. The summed E-state index contributed by atoms with van der Waals surface area (Å²) < 4.78 is 8.27. The molecule has 2 aromatic carbocycles. The number of hydrogen-bond acceptors (Lipinski definition) is 3. The molecule has 1 heterocycles. The van der Waals surface area contributed by atoms with E-state index in [2.05, 4.69) is 73.1 Å². The van der Waals surface area contributed by atoms with Crippen LogP contribution in [-0.4, -0.2) is 28.6 Å². The maximum Gasteiger partial charge on any atom is 0.216 e. The number of nitrogens with zero attached hydrogens (tertiary/aromatic N) is 2. The Labute approximate surface area is 185 Å². The Morgan fingerprint density at radius 1 is 1.03 bits per heavy atom. The molecule has 0 unspecified atom stereocenters. The van der Waals surface area contributed by atoms with Crippen molar-refractivity contribution in [2.75, 3.05) is 13.2 Å². The number of aryl methyl sites for hydroxylation is 2. The first-order chi connectivity index (χ1) is 14.8. The van der Waals surface area contributed by atoms with Crippen LogP contribution in [0.15, 0.2) is 48.5 Å². The fraction of sp³-hybridized carbons (Fsp3) is 0.462. The maximum absolute atomic E-state index is 11.1. The van der Waals surface area contributed by atoms with Gasteiger partial charge in [-0.05, 0) is 54.5 Å². The summed E-state index contributed by atoms with van der Waals surface area (Å²) in [5, 5.41) is 2.86. The van der Waals surface area contributed by atoms with Gasteiger partial charge in [-0.1, -0.05) is 45.0 Å². The van der Waals surface area contributed by atoms with E-state index in [9.17, 15) is 4.79 Å². The molecule has 0 saturated carbocycles. The summed E-state index contributed by atoms with van der Waals surface area (Å²) in [7, 11) is 0. The van der Waals surface area contributed by atoms with Crippen LogP contribution in [0, 0.1) is 0 Å². The third-order valence-corrected chi connectivity index (χ3v) is 5.45. The number of unbranched alkanes of at least 4 members (excludes halogenated alkanes) is 1. The number of nitrogens with one attached hydrogen (secondary N) is 1. The molecule has 0 aliphatic heterocycles. The summed E-state index contributed by atoms with van der Waals surface area (Å²) in [5.41, 5.74) is 3.69. The second kappa shape index (κ2) is 10.5. The monoisotopic (exact) mass is 421 g/mol. The third kappa shape index (κ3) is 6.58. The second-order valence-electron chi connectivity index (χ2n) is 9.08. The lowest BCUT2D eigenvalue weighted by molar-refractivity contribution is -0.118. The van der Waals surface area contributed by atoms with Crippen LogP contribution in [0.25, 0.3) is 11.0 Å². The van der Waals surface area contributed by atoms with Crippen molar-refractivity contribution in [2.45, 2.75) is 65.3 Å². The number of benzene rings is 2. The van der Waals surface area contributed by atoms with E-state index >= 15 is 0 Å². The number of aromatic nitrogens is 2. The highest BCUT2D eigenvalue weighted by Gasteiger charge is 2.13. The zero-order valence-electron chi connectivity index (χ0n) is 19.3. The van der Waals surface area contributed by atoms with Crippen LogP contribution in [0.5, 0.6) is 5.75 Å². The van der Waals surface area contributed by atoms with Gasteiger partial charge in [0, 0.05) is 26.4 Å². The number of ether oxygens (including phenoxy) is 1. The van der Waals surface area contributed by atoms with Crippen LogP contribution in [0.3, 0.4) is 0 Å². The Bertz CT molecular complexity index is 984. The van der Waals surface area contributed by atoms with E-state index in [0.29, 0.717) is 13.2 Å². The average molecular weight is 422 g/mol. The Morgan fingerprint density at radius 2 is 1.77 bits per heavy atom. The SMILES string of the molecule is CC(=O)NCCCc1nc2ccccc2n1CCCCOc1ccc(C(C)(C)C)cc1. The van der Waals surface area contributed by atoms with Crippen molar-refractivity contribution in [3.63, 3.8) is 0 Å². The van der Waals surface area contributed by atoms with E-state index < -0.39 is 0 Å². The minimum Gasteiger partial charge on any atom is -0.494 e. The standard InChI is InChI=1S/C26H35N3O2/c1-20(30)27-17-9-12-25-28-23-10-5-6-11-24(23)29(25)18-7-8-19-31-22-15-13-21(14-16-22)26(2,3)4/h5-6,10-11,13-16H,7-9,12,17-19H2,1-4H3,(H,27,30). The predicted octanol–water partition coefficient (Wildman–Crippen LogP) is 5.26. The molecular formula is C26H35N3O2. The molecule has 5 heteroatoms. The topological polar surface area (TPSA) is 56.2 Å². The van der Waals surface area contributed by atoms with Gasteiger partial charge >= 0.3 is 0 Å². The summed E-state index contributed by atoms with van der Waals surface area (Å²) in [5.74, 6) is 2.03. The molecule has 1 aromatic heterocycles. The van der Waals surface area contributed by atoms with Crippen LogP contribution < -0.4 is 10.1 Å². The van der Waals surface area contributed by atoms with Crippen LogP contribution in [0.1, 0.15) is 58.3 Å². The van der Waals surface area contributed by atoms with E-state index in [-0.39, 0.29) is 11.3 Å². The molecule has 0 atom stereocenters. The minimum atomic E-state index is 0.0153. The van der Waals surface area contributed by atoms with Gasteiger partial charge in [0.1, 0.15) is 11.6 Å². The molecule has 3 rings (SSSR count). The van der Waals surface area contributed by atoms with Gasteiger partial charge in [-0.3, -0.25) is 4.79 Å². The molecule has 1 amide bonds. The van der Waals surface area contributed by atoms with Crippen LogP contribution in [-0.2, 0) is 23.2 Å². The quantitative estimate of drug-likeness (QED) is 0.454. The smallest absolute Gasteiger partial charge is 0.216 e. The van der Waals surface area contributed by atoms with E-state index in [1.807, 2.05) is 6.07 Å². The first kappa shape index (κ1) is 22.9. The molecule has 166 valence electrons. The van der Waals surface area contributed by atoms with Gasteiger partial charge in [0.2, 0.25) is 5.91 Å². The Balaban J connectivity index is 1.51. The van der Waals surface area contributed by atoms with Crippen molar-refractivity contribution < 1.29 is 9.53 Å². The summed E-state index contributed by atoms with van der Waals surface area (Å²) >= 11 is 0. The van der Waals surface area contributed by atoms with Crippen molar-refractivity contribution in [1.82, 2.24) is 14.9 Å². The van der Waals surface area contributed by atoms with E-state index in [1.165, 1.54) is 11.1 Å². The predicted molar refractivity (Wildman–Crippen MR) is 127 cm³/mol. The fourth-order valence-corrected chi connectivity index (χ4v) is 3.69. The average Bonchev–Trinajstić information content (AvgIpc) is 3.08. The fourth-order valence-electron chi connectivity index (χ4n) is 3.69. The van der Waals surface area contributed by atoms with E-state index in [0.717, 1.165) is 49.3 Å². The molecular weight excluding hydrogens is 386 g/mol. The lowest BCUT2D eigenvalue weighted by Gasteiger charge is -2.19. The van der Waals surface area contributed by atoms with Crippen LogP contribution in [0.4, 0.5) is 0 Å². The molecule has 3 aromatic rings. The number of imidazole rings is 1. The minimum absolute atomic E-state index is 0.0153. The van der Waals surface area contributed by atoms with Gasteiger partial charge in [0.25, 0.3) is 0 Å². The van der Waals surface area contributed by atoms with Crippen molar-refractivity contribution in [1.29, 1.82) is 0 Å². The number of para-hydroxylation sites is 2. The molecule has 0 bridgehead atoms. The highest BCUT2D eigenvalue weighted by atomic mass is 16.5. The normalized spacial score (nSPS) is 11.6.